The Bertz CT molecular complexity index is 906. The lowest BCUT2D eigenvalue weighted by Gasteiger charge is -2.26. The van der Waals surface area contributed by atoms with Crippen LogP contribution >= 0.6 is 0 Å². The molecule has 1 N–H and O–H groups in total. The lowest BCUT2D eigenvalue weighted by molar-refractivity contribution is 0.102. The predicted molar refractivity (Wildman–Crippen MR) is 109 cm³/mol. The second-order valence-corrected chi connectivity index (χ2v) is 6.71. The van der Waals surface area contributed by atoms with Crippen LogP contribution in [0.3, 0.4) is 0 Å². The first kappa shape index (κ1) is 18.0. The third-order valence-corrected chi connectivity index (χ3v) is 4.63. The summed E-state index contributed by atoms with van der Waals surface area (Å²) in [6.07, 6.45) is 6.92. The van der Waals surface area contributed by atoms with Gasteiger partial charge in [0.05, 0.1) is 18.1 Å². The fourth-order valence-corrected chi connectivity index (χ4v) is 3.15. The monoisotopic (exact) mass is 374 g/mol. The van der Waals surface area contributed by atoms with E-state index >= 15 is 0 Å². The van der Waals surface area contributed by atoms with Gasteiger partial charge in [0.25, 0.3) is 5.91 Å². The zero-order valence-corrected chi connectivity index (χ0v) is 15.5. The Morgan fingerprint density at radius 1 is 0.857 bits per heavy atom. The molecule has 0 saturated carbocycles. The van der Waals surface area contributed by atoms with Crippen molar-refractivity contribution in [2.24, 2.45) is 0 Å². The van der Waals surface area contributed by atoms with E-state index in [-0.39, 0.29) is 5.91 Å². The van der Waals surface area contributed by atoms with Crippen molar-refractivity contribution in [1.29, 1.82) is 0 Å². The summed E-state index contributed by atoms with van der Waals surface area (Å²) in [5.41, 5.74) is 1.12. The minimum atomic E-state index is -0.208. The van der Waals surface area contributed by atoms with Gasteiger partial charge in [-0.1, -0.05) is 18.2 Å². The molecule has 0 bridgehead atoms. The summed E-state index contributed by atoms with van der Waals surface area (Å²) in [4.78, 5) is 23.4. The summed E-state index contributed by atoms with van der Waals surface area (Å²) in [6.45, 7) is 1.98. The van der Waals surface area contributed by atoms with E-state index in [2.05, 4.69) is 20.2 Å². The first-order chi connectivity index (χ1) is 13.8. The number of hydrogen-bond donors (Lipinski definition) is 1. The zero-order chi connectivity index (χ0) is 19.2. The Hall–Kier alpha value is -3.41. The van der Waals surface area contributed by atoms with E-state index in [1.54, 1.807) is 36.7 Å². The van der Waals surface area contributed by atoms with Crippen molar-refractivity contribution in [2.45, 2.75) is 19.3 Å². The van der Waals surface area contributed by atoms with E-state index in [0.29, 0.717) is 17.0 Å². The second-order valence-electron chi connectivity index (χ2n) is 6.71. The summed E-state index contributed by atoms with van der Waals surface area (Å²) in [6, 6.07) is 16.5. The zero-order valence-electron chi connectivity index (χ0n) is 15.5. The van der Waals surface area contributed by atoms with Gasteiger partial charge in [-0.3, -0.25) is 4.79 Å². The average Bonchev–Trinajstić information content (AvgIpc) is 2.76. The molecule has 142 valence electrons. The van der Waals surface area contributed by atoms with E-state index in [1.165, 1.54) is 19.3 Å². The lowest BCUT2D eigenvalue weighted by atomic mass is 10.1. The number of carbonyl (C=O) groups excluding carboxylic acids is 1. The van der Waals surface area contributed by atoms with Crippen LogP contribution in [-0.2, 0) is 0 Å². The van der Waals surface area contributed by atoms with Gasteiger partial charge in [0, 0.05) is 18.7 Å². The number of nitrogens with zero attached hydrogens (tertiary/aromatic N) is 3. The van der Waals surface area contributed by atoms with Crippen molar-refractivity contribution in [3.8, 4) is 11.5 Å². The number of ether oxygens (including phenoxy) is 1. The van der Waals surface area contributed by atoms with Crippen molar-refractivity contribution in [2.75, 3.05) is 23.3 Å². The first-order valence-electron chi connectivity index (χ1n) is 9.49. The number of hydrogen-bond acceptors (Lipinski definition) is 5. The van der Waals surface area contributed by atoms with Crippen LogP contribution in [0.2, 0.25) is 0 Å². The Balaban J connectivity index is 1.36. The highest BCUT2D eigenvalue weighted by atomic mass is 16.5. The number of amides is 1. The van der Waals surface area contributed by atoms with Crippen LogP contribution in [0.1, 0.15) is 29.6 Å². The molecule has 1 aromatic heterocycles. The lowest BCUT2D eigenvalue weighted by Crippen LogP contribution is -2.30. The predicted octanol–water partition coefficient (Wildman–Crippen LogP) is 4.51. The summed E-state index contributed by atoms with van der Waals surface area (Å²) < 4.78 is 5.75. The molecule has 0 spiro atoms. The summed E-state index contributed by atoms with van der Waals surface area (Å²) in [7, 11) is 0. The number of rotatable bonds is 5. The topological polar surface area (TPSA) is 67.4 Å². The molecule has 0 atom stereocenters. The molecule has 0 unspecified atom stereocenters. The number of nitrogens with one attached hydrogen (secondary N) is 1. The Morgan fingerprint density at radius 2 is 1.50 bits per heavy atom. The van der Waals surface area contributed by atoms with Crippen LogP contribution in [0.25, 0.3) is 0 Å². The van der Waals surface area contributed by atoms with Crippen molar-refractivity contribution in [3.63, 3.8) is 0 Å². The molecule has 1 aliphatic rings. The van der Waals surface area contributed by atoms with E-state index < -0.39 is 0 Å². The molecule has 1 saturated heterocycles. The molecular weight excluding hydrogens is 352 g/mol. The number of piperidine rings is 1. The molecule has 1 amide bonds. The Labute approximate surface area is 164 Å². The van der Waals surface area contributed by atoms with Gasteiger partial charge in [0.15, 0.2) is 0 Å². The van der Waals surface area contributed by atoms with Crippen molar-refractivity contribution >= 4 is 17.5 Å². The number of anilines is 2. The highest BCUT2D eigenvalue weighted by molar-refractivity contribution is 6.04. The van der Waals surface area contributed by atoms with Gasteiger partial charge < -0.3 is 15.0 Å². The molecule has 2 heterocycles. The molecule has 6 heteroatoms. The summed E-state index contributed by atoms with van der Waals surface area (Å²) in [5.74, 6) is 1.95. The fraction of sp³-hybridized carbons (Fsp3) is 0.227. The molecule has 6 nitrogen and oxygen atoms in total. The minimum absolute atomic E-state index is 0.208. The van der Waals surface area contributed by atoms with Crippen LogP contribution < -0.4 is 15.0 Å². The maximum atomic E-state index is 12.5. The SMILES string of the molecule is O=C(Nc1cnc(N2CCCCC2)nc1)c1ccc(Oc2ccccc2)cc1. The van der Waals surface area contributed by atoms with Gasteiger partial charge in [0.1, 0.15) is 11.5 Å². The molecule has 4 rings (SSSR count). The van der Waals surface area contributed by atoms with Crippen LogP contribution in [0.5, 0.6) is 11.5 Å². The molecule has 0 aliphatic carbocycles. The van der Waals surface area contributed by atoms with Gasteiger partial charge in [-0.15, -0.1) is 0 Å². The highest BCUT2D eigenvalue weighted by Gasteiger charge is 2.13. The van der Waals surface area contributed by atoms with Crippen LogP contribution in [0, 0.1) is 0 Å². The third-order valence-electron chi connectivity index (χ3n) is 4.63. The fourth-order valence-electron chi connectivity index (χ4n) is 3.15. The molecule has 28 heavy (non-hydrogen) atoms. The normalized spacial score (nSPS) is 13.8. The standard InChI is InChI=1S/C22H22N4O2/c27-21(17-9-11-20(12-10-17)28-19-7-3-1-4-8-19)25-18-15-23-22(24-16-18)26-13-5-2-6-14-26/h1,3-4,7-12,15-16H,2,5-6,13-14H2,(H,25,27). The van der Waals surface area contributed by atoms with Crippen molar-refractivity contribution in [3.05, 3.63) is 72.6 Å². The average molecular weight is 374 g/mol. The van der Waals surface area contributed by atoms with Crippen molar-refractivity contribution in [1.82, 2.24) is 9.97 Å². The van der Waals surface area contributed by atoms with E-state index in [9.17, 15) is 4.79 Å². The van der Waals surface area contributed by atoms with E-state index in [1.807, 2.05) is 30.3 Å². The molecular formula is C22H22N4O2. The Morgan fingerprint density at radius 3 is 2.18 bits per heavy atom. The summed E-state index contributed by atoms with van der Waals surface area (Å²) in [5, 5.41) is 2.83. The third kappa shape index (κ3) is 4.46. The summed E-state index contributed by atoms with van der Waals surface area (Å²) >= 11 is 0. The highest BCUT2D eigenvalue weighted by Crippen LogP contribution is 2.22. The smallest absolute Gasteiger partial charge is 0.255 e. The number of benzene rings is 2. The van der Waals surface area contributed by atoms with Gasteiger partial charge in [-0.05, 0) is 55.7 Å². The van der Waals surface area contributed by atoms with Crippen molar-refractivity contribution < 1.29 is 9.53 Å². The number of aromatic nitrogens is 2. The largest absolute Gasteiger partial charge is 0.457 e. The maximum absolute atomic E-state index is 12.5. The van der Waals surface area contributed by atoms with Crippen LogP contribution in [0.4, 0.5) is 11.6 Å². The molecule has 1 fully saturated rings. The van der Waals surface area contributed by atoms with Gasteiger partial charge >= 0.3 is 0 Å². The molecule has 1 aliphatic heterocycles. The van der Waals surface area contributed by atoms with Gasteiger partial charge in [0.2, 0.25) is 5.95 Å². The van der Waals surface area contributed by atoms with Crippen LogP contribution in [0.15, 0.2) is 67.0 Å². The molecule has 0 radical (unpaired) electrons. The van der Waals surface area contributed by atoms with E-state index in [4.69, 9.17) is 4.74 Å². The van der Waals surface area contributed by atoms with Gasteiger partial charge in [-0.2, -0.15) is 0 Å². The Kier molecular flexibility index (Phi) is 5.47. The molecule has 3 aromatic rings. The van der Waals surface area contributed by atoms with E-state index in [0.717, 1.165) is 24.8 Å². The van der Waals surface area contributed by atoms with Crippen LogP contribution in [-0.4, -0.2) is 29.0 Å². The maximum Gasteiger partial charge on any atom is 0.255 e. The van der Waals surface area contributed by atoms with Gasteiger partial charge in [-0.25, -0.2) is 9.97 Å². The number of carbonyl (C=O) groups is 1. The minimum Gasteiger partial charge on any atom is -0.457 e. The molecule has 2 aromatic carbocycles. The second kappa shape index (κ2) is 8.52. The number of para-hydroxylation sites is 1. The quantitative estimate of drug-likeness (QED) is 0.712. The first-order valence-corrected chi connectivity index (χ1v) is 9.49.